The first-order valence-electron chi connectivity index (χ1n) is 5.73. The number of ketones is 1. The second kappa shape index (κ2) is 6.19. The van der Waals surface area contributed by atoms with E-state index in [4.69, 9.17) is 0 Å². The van der Waals surface area contributed by atoms with Crippen LogP contribution >= 0.6 is 15.9 Å². The third-order valence-electron chi connectivity index (χ3n) is 2.93. The summed E-state index contributed by atoms with van der Waals surface area (Å²) in [7, 11) is 0. The third-order valence-corrected chi connectivity index (χ3v) is 3.49. The average Bonchev–Trinajstić information content (AvgIpc) is 2.23. The summed E-state index contributed by atoms with van der Waals surface area (Å²) in [5, 5.41) is 0.978. The van der Waals surface area contributed by atoms with Crippen LogP contribution in [0.2, 0.25) is 0 Å². The number of rotatable bonds is 5. The Morgan fingerprint density at radius 3 is 2.31 bits per heavy atom. The van der Waals surface area contributed by atoms with Gasteiger partial charge in [-0.3, -0.25) is 4.79 Å². The van der Waals surface area contributed by atoms with Gasteiger partial charge in [-0.15, -0.1) is 0 Å². The fourth-order valence-corrected chi connectivity index (χ4v) is 2.17. The summed E-state index contributed by atoms with van der Waals surface area (Å²) < 4.78 is 0. The van der Waals surface area contributed by atoms with Gasteiger partial charge in [-0.05, 0) is 56.4 Å². The van der Waals surface area contributed by atoms with Crippen molar-refractivity contribution in [1.82, 2.24) is 0 Å². The Kier molecular flexibility index (Phi) is 5.20. The van der Waals surface area contributed by atoms with Gasteiger partial charge < -0.3 is 0 Å². The lowest BCUT2D eigenvalue weighted by molar-refractivity contribution is 0.0979. The highest BCUT2D eigenvalue weighted by atomic mass is 79.9. The van der Waals surface area contributed by atoms with Crippen LogP contribution in [0.3, 0.4) is 0 Å². The van der Waals surface area contributed by atoms with E-state index in [1.165, 1.54) is 11.1 Å². The summed E-state index contributed by atoms with van der Waals surface area (Å²) in [6, 6.07) is 4.13. The smallest absolute Gasteiger partial charge is 0.163 e. The minimum Gasteiger partial charge on any atom is -0.294 e. The van der Waals surface area contributed by atoms with Crippen molar-refractivity contribution in [3.05, 3.63) is 34.4 Å². The molecule has 1 rings (SSSR count). The number of alkyl halides is 1. The minimum absolute atomic E-state index is 0.279. The Labute approximate surface area is 106 Å². The predicted molar refractivity (Wildman–Crippen MR) is 72.6 cm³/mol. The number of carbonyl (C=O) groups excluding carboxylic acids is 1. The van der Waals surface area contributed by atoms with E-state index in [9.17, 15) is 4.79 Å². The summed E-state index contributed by atoms with van der Waals surface area (Å²) >= 11 is 3.38. The average molecular weight is 283 g/mol. The highest BCUT2D eigenvalue weighted by Gasteiger charge is 2.10. The first-order valence-corrected chi connectivity index (χ1v) is 6.85. The van der Waals surface area contributed by atoms with Crippen LogP contribution in [0.5, 0.6) is 0 Å². The molecule has 0 saturated heterocycles. The van der Waals surface area contributed by atoms with Crippen molar-refractivity contribution in [2.45, 2.75) is 40.0 Å². The molecule has 0 amide bonds. The molecule has 0 radical (unpaired) electrons. The Morgan fingerprint density at radius 2 is 1.69 bits per heavy atom. The number of Topliss-reactive ketones (excluding diaryl/α,β-unsaturated/α-hetero) is 1. The molecular weight excluding hydrogens is 264 g/mol. The largest absolute Gasteiger partial charge is 0.294 e. The Balaban J connectivity index is 2.79. The number of aryl methyl sites for hydroxylation is 3. The molecule has 0 heterocycles. The second-order valence-corrected chi connectivity index (χ2v) is 5.11. The Morgan fingerprint density at radius 1 is 1.06 bits per heavy atom. The van der Waals surface area contributed by atoms with Gasteiger partial charge >= 0.3 is 0 Å². The van der Waals surface area contributed by atoms with Crippen molar-refractivity contribution < 1.29 is 4.79 Å². The molecule has 0 unspecified atom stereocenters. The lowest BCUT2D eigenvalue weighted by atomic mass is 9.96. The van der Waals surface area contributed by atoms with Crippen LogP contribution in [0, 0.1) is 20.8 Å². The van der Waals surface area contributed by atoms with Crippen LogP contribution in [0.25, 0.3) is 0 Å². The second-order valence-electron chi connectivity index (χ2n) is 4.32. The van der Waals surface area contributed by atoms with Crippen LogP contribution in [-0.2, 0) is 0 Å². The molecule has 0 saturated carbocycles. The molecule has 88 valence electrons. The van der Waals surface area contributed by atoms with E-state index >= 15 is 0 Å². The monoisotopic (exact) mass is 282 g/mol. The molecule has 2 heteroatoms. The summed E-state index contributed by atoms with van der Waals surface area (Å²) in [4.78, 5) is 12.0. The van der Waals surface area contributed by atoms with Crippen LogP contribution < -0.4 is 0 Å². The minimum atomic E-state index is 0.279. The predicted octanol–water partition coefficient (Wildman–Crippen LogP) is 4.36. The molecule has 0 spiro atoms. The number of halogens is 1. The highest BCUT2D eigenvalue weighted by molar-refractivity contribution is 9.09. The topological polar surface area (TPSA) is 17.1 Å². The van der Waals surface area contributed by atoms with E-state index in [1.807, 2.05) is 13.0 Å². The summed E-state index contributed by atoms with van der Waals surface area (Å²) in [6.07, 6.45) is 2.70. The molecule has 0 atom stereocenters. The van der Waals surface area contributed by atoms with E-state index < -0.39 is 0 Å². The molecule has 0 aliphatic heterocycles. The lowest BCUT2D eigenvalue weighted by Gasteiger charge is -2.08. The van der Waals surface area contributed by atoms with Crippen LogP contribution in [-0.4, -0.2) is 11.1 Å². The maximum absolute atomic E-state index is 12.0. The molecule has 1 nitrogen and oxygen atoms in total. The van der Waals surface area contributed by atoms with Crippen LogP contribution in [0.4, 0.5) is 0 Å². The molecule has 16 heavy (non-hydrogen) atoms. The molecule has 0 fully saturated rings. The van der Waals surface area contributed by atoms with Gasteiger partial charge in [0, 0.05) is 17.3 Å². The normalized spacial score (nSPS) is 10.5. The molecule has 1 aromatic rings. The van der Waals surface area contributed by atoms with Gasteiger partial charge in [0.2, 0.25) is 0 Å². The molecule has 0 aliphatic carbocycles. The Bertz CT molecular complexity index is 383. The van der Waals surface area contributed by atoms with Gasteiger partial charge in [0.25, 0.3) is 0 Å². The quantitative estimate of drug-likeness (QED) is 0.446. The zero-order valence-electron chi connectivity index (χ0n) is 10.3. The highest BCUT2D eigenvalue weighted by Crippen LogP contribution is 2.17. The zero-order chi connectivity index (χ0) is 12.1. The summed E-state index contributed by atoms with van der Waals surface area (Å²) in [5.41, 5.74) is 4.47. The summed E-state index contributed by atoms with van der Waals surface area (Å²) in [6.45, 7) is 6.16. The SMILES string of the molecule is Cc1cc(C)c(C(=O)CCCCBr)cc1C. The maximum atomic E-state index is 12.0. The maximum Gasteiger partial charge on any atom is 0.163 e. The van der Waals surface area contributed by atoms with Crippen molar-refractivity contribution in [2.24, 2.45) is 0 Å². The fourth-order valence-electron chi connectivity index (χ4n) is 1.78. The number of hydrogen-bond donors (Lipinski definition) is 0. The van der Waals surface area contributed by atoms with Gasteiger partial charge in [-0.25, -0.2) is 0 Å². The van der Waals surface area contributed by atoms with Crippen molar-refractivity contribution in [1.29, 1.82) is 0 Å². The van der Waals surface area contributed by atoms with Gasteiger partial charge in [0.15, 0.2) is 5.78 Å². The van der Waals surface area contributed by atoms with Crippen molar-refractivity contribution in [3.8, 4) is 0 Å². The molecular formula is C14H19BrO. The van der Waals surface area contributed by atoms with Gasteiger partial charge in [-0.1, -0.05) is 22.0 Å². The lowest BCUT2D eigenvalue weighted by Crippen LogP contribution is -2.03. The number of unbranched alkanes of at least 4 members (excludes halogenated alkanes) is 1. The zero-order valence-corrected chi connectivity index (χ0v) is 11.9. The van der Waals surface area contributed by atoms with E-state index in [0.717, 1.165) is 29.3 Å². The number of benzene rings is 1. The molecule has 0 aromatic heterocycles. The van der Waals surface area contributed by atoms with Crippen molar-refractivity contribution >= 4 is 21.7 Å². The number of hydrogen-bond acceptors (Lipinski definition) is 1. The van der Waals surface area contributed by atoms with E-state index in [0.29, 0.717) is 6.42 Å². The van der Waals surface area contributed by atoms with Crippen molar-refractivity contribution in [2.75, 3.05) is 5.33 Å². The van der Waals surface area contributed by atoms with E-state index in [2.05, 4.69) is 35.8 Å². The number of carbonyl (C=O) groups is 1. The first-order chi connectivity index (χ1) is 7.56. The fraction of sp³-hybridized carbons (Fsp3) is 0.500. The molecule has 1 aromatic carbocycles. The standard InChI is InChI=1S/C14H19BrO/c1-10-8-12(3)13(9-11(10)2)14(16)6-4-5-7-15/h8-9H,4-7H2,1-3H3. The first kappa shape index (κ1) is 13.4. The van der Waals surface area contributed by atoms with Crippen LogP contribution in [0.15, 0.2) is 12.1 Å². The summed E-state index contributed by atoms with van der Waals surface area (Å²) in [5.74, 6) is 0.279. The molecule has 0 N–H and O–H groups in total. The van der Waals surface area contributed by atoms with E-state index in [1.54, 1.807) is 0 Å². The van der Waals surface area contributed by atoms with Gasteiger partial charge in [0.1, 0.15) is 0 Å². The van der Waals surface area contributed by atoms with Crippen LogP contribution in [0.1, 0.15) is 46.3 Å². The molecule has 0 bridgehead atoms. The van der Waals surface area contributed by atoms with Crippen molar-refractivity contribution in [3.63, 3.8) is 0 Å². The third kappa shape index (κ3) is 3.44. The van der Waals surface area contributed by atoms with E-state index in [-0.39, 0.29) is 5.78 Å². The van der Waals surface area contributed by atoms with Gasteiger partial charge in [0.05, 0.1) is 0 Å². The Hall–Kier alpha value is -0.630. The van der Waals surface area contributed by atoms with Gasteiger partial charge in [-0.2, -0.15) is 0 Å². The molecule has 0 aliphatic rings.